The van der Waals surface area contributed by atoms with Crippen LogP contribution in [0.4, 0.5) is 0 Å². The van der Waals surface area contributed by atoms with Gasteiger partial charge in [-0.2, -0.15) is 0 Å². The standard InChI is InChI=1S/C17H24ClNO/c1-4-19(5-2)12-13-20-17-10-9-16(14-15(17)3)8-6-7-11-18/h9-10,14H,4-5,7,11-13H2,1-3H3. The topological polar surface area (TPSA) is 12.5 Å². The molecule has 0 aliphatic heterocycles. The molecule has 0 spiro atoms. The number of hydrogen-bond acceptors (Lipinski definition) is 2. The number of nitrogens with zero attached hydrogens (tertiary/aromatic N) is 1. The maximum atomic E-state index is 5.84. The lowest BCUT2D eigenvalue weighted by molar-refractivity contribution is 0.222. The molecule has 3 heteroatoms. The van der Waals surface area contributed by atoms with Gasteiger partial charge in [0.2, 0.25) is 0 Å². The van der Waals surface area contributed by atoms with Crippen LogP contribution in [0.3, 0.4) is 0 Å². The number of hydrogen-bond donors (Lipinski definition) is 0. The molecule has 0 radical (unpaired) electrons. The van der Waals surface area contributed by atoms with Crippen LogP contribution >= 0.6 is 11.6 Å². The zero-order valence-electron chi connectivity index (χ0n) is 12.7. The van der Waals surface area contributed by atoms with Crippen LogP contribution in [-0.2, 0) is 0 Å². The molecule has 0 bridgehead atoms. The van der Waals surface area contributed by atoms with E-state index in [1.165, 1.54) is 0 Å². The summed E-state index contributed by atoms with van der Waals surface area (Å²) < 4.78 is 5.84. The van der Waals surface area contributed by atoms with Gasteiger partial charge in [-0.1, -0.05) is 25.7 Å². The molecule has 0 N–H and O–H groups in total. The summed E-state index contributed by atoms with van der Waals surface area (Å²) in [5.74, 6) is 7.68. The molecular formula is C17H24ClNO. The second-order valence-corrected chi connectivity index (χ2v) is 4.97. The van der Waals surface area contributed by atoms with E-state index in [0.29, 0.717) is 5.88 Å². The van der Waals surface area contributed by atoms with Crippen molar-refractivity contribution in [2.24, 2.45) is 0 Å². The van der Waals surface area contributed by atoms with Crippen LogP contribution in [0.25, 0.3) is 0 Å². The van der Waals surface area contributed by atoms with Gasteiger partial charge in [0, 0.05) is 24.4 Å². The van der Waals surface area contributed by atoms with E-state index in [1.54, 1.807) is 0 Å². The lowest BCUT2D eigenvalue weighted by Crippen LogP contribution is -2.28. The molecular weight excluding hydrogens is 270 g/mol. The molecule has 1 rings (SSSR count). The van der Waals surface area contributed by atoms with Gasteiger partial charge in [0.1, 0.15) is 12.4 Å². The van der Waals surface area contributed by atoms with E-state index in [1.807, 2.05) is 12.1 Å². The molecule has 1 aromatic carbocycles. The van der Waals surface area contributed by atoms with E-state index in [4.69, 9.17) is 16.3 Å². The van der Waals surface area contributed by atoms with Crippen molar-refractivity contribution < 1.29 is 4.74 Å². The van der Waals surface area contributed by atoms with Crippen LogP contribution in [-0.4, -0.2) is 37.0 Å². The Morgan fingerprint density at radius 1 is 1.25 bits per heavy atom. The molecule has 0 fully saturated rings. The minimum Gasteiger partial charge on any atom is -0.492 e. The van der Waals surface area contributed by atoms with Crippen LogP contribution in [0.2, 0.25) is 0 Å². The smallest absolute Gasteiger partial charge is 0.122 e. The summed E-state index contributed by atoms with van der Waals surface area (Å²) in [7, 11) is 0. The third kappa shape index (κ3) is 5.86. The predicted molar refractivity (Wildman–Crippen MR) is 86.7 cm³/mol. The first-order valence-electron chi connectivity index (χ1n) is 7.21. The van der Waals surface area contributed by atoms with Crippen LogP contribution in [0, 0.1) is 18.8 Å². The van der Waals surface area contributed by atoms with Crippen molar-refractivity contribution in [2.75, 3.05) is 32.1 Å². The molecule has 0 aromatic heterocycles. The lowest BCUT2D eigenvalue weighted by atomic mass is 10.1. The van der Waals surface area contributed by atoms with Crippen molar-refractivity contribution in [1.29, 1.82) is 0 Å². The first-order chi connectivity index (χ1) is 9.71. The Labute approximate surface area is 128 Å². The summed E-state index contributed by atoms with van der Waals surface area (Å²) in [4.78, 5) is 2.35. The summed E-state index contributed by atoms with van der Waals surface area (Å²) in [5, 5.41) is 0. The molecule has 0 atom stereocenters. The van der Waals surface area contributed by atoms with E-state index in [-0.39, 0.29) is 0 Å². The van der Waals surface area contributed by atoms with Gasteiger partial charge in [-0.15, -0.1) is 11.6 Å². The summed E-state index contributed by atoms with van der Waals surface area (Å²) >= 11 is 5.60. The van der Waals surface area contributed by atoms with Gasteiger partial charge in [0.25, 0.3) is 0 Å². The highest BCUT2D eigenvalue weighted by Gasteiger charge is 2.02. The number of halogens is 1. The van der Waals surface area contributed by atoms with Gasteiger partial charge in [-0.3, -0.25) is 0 Å². The van der Waals surface area contributed by atoms with E-state index >= 15 is 0 Å². The van der Waals surface area contributed by atoms with Gasteiger partial charge in [-0.05, 0) is 43.8 Å². The number of likely N-dealkylation sites (N-methyl/N-ethyl adjacent to an activating group) is 1. The van der Waals surface area contributed by atoms with E-state index in [9.17, 15) is 0 Å². The minimum atomic E-state index is 0.582. The van der Waals surface area contributed by atoms with Gasteiger partial charge >= 0.3 is 0 Å². The lowest BCUT2D eigenvalue weighted by Gasteiger charge is -2.18. The van der Waals surface area contributed by atoms with E-state index in [2.05, 4.69) is 43.6 Å². The van der Waals surface area contributed by atoms with Crippen molar-refractivity contribution in [3.8, 4) is 17.6 Å². The molecule has 0 amide bonds. The number of aryl methyl sites for hydroxylation is 1. The maximum Gasteiger partial charge on any atom is 0.122 e. The fourth-order valence-corrected chi connectivity index (χ4v) is 2.02. The van der Waals surface area contributed by atoms with Gasteiger partial charge in [0.15, 0.2) is 0 Å². The second-order valence-electron chi connectivity index (χ2n) is 4.60. The number of rotatable bonds is 7. The maximum absolute atomic E-state index is 5.84. The van der Waals surface area contributed by atoms with Crippen LogP contribution < -0.4 is 4.74 Å². The average Bonchev–Trinajstić information content (AvgIpc) is 2.46. The Morgan fingerprint density at radius 3 is 2.60 bits per heavy atom. The highest BCUT2D eigenvalue weighted by Crippen LogP contribution is 2.18. The Hall–Kier alpha value is -1.17. The summed E-state index contributed by atoms with van der Waals surface area (Å²) in [6.07, 6.45) is 0.725. The third-order valence-electron chi connectivity index (χ3n) is 3.19. The van der Waals surface area contributed by atoms with Gasteiger partial charge < -0.3 is 9.64 Å². The van der Waals surface area contributed by atoms with Crippen LogP contribution in [0.1, 0.15) is 31.4 Å². The summed E-state index contributed by atoms with van der Waals surface area (Å²) in [6.45, 7) is 10.2. The average molecular weight is 294 g/mol. The van der Waals surface area contributed by atoms with Crippen LogP contribution in [0.15, 0.2) is 18.2 Å². The Balaban J connectivity index is 2.54. The molecule has 20 heavy (non-hydrogen) atoms. The monoisotopic (exact) mass is 293 g/mol. The number of alkyl halides is 1. The molecule has 0 saturated heterocycles. The first kappa shape index (κ1) is 16.9. The minimum absolute atomic E-state index is 0.582. The zero-order chi connectivity index (χ0) is 14.8. The normalized spacial score (nSPS) is 10.2. The van der Waals surface area contributed by atoms with Crippen molar-refractivity contribution in [2.45, 2.75) is 27.2 Å². The van der Waals surface area contributed by atoms with E-state index in [0.717, 1.165) is 49.5 Å². The van der Waals surface area contributed by atoms with Crippen molar-refractivity contribution in [1.82, 2.24) is 4.90 Å². The first-order valence-corrected chi connectivity index (χ1v) is 7.75. The quantitative estimate of drug-likeness (QED) is 0.561. The molecule has 0 aliphatic rings. The zero-order valence-corrected chi connectivity index (χ0v) is 13.5. The SMILES string of the molecule is CCN(CC)CCOc1ccc(C#CCCCl)cc1C. The number of benzene rings is 1. The highest BCUT2D eigenvalue weighted by atomic mass is 35.5. The molecule has 110 valence electrons. The Bertz CT molecular complexity index is 458. The van der Waals surface area contributed by atoms with Crippen molar-refractivity contribution >= 4 is 11.6 Å². The molecule has 2 nitrogen and oxygen atoms in total. The fraction of sp³-hybridized carbons (Fsp3) is 0.529. The molecule has 0 heterocycles. The molecule has 0 aliphatic carbocycles. The third-order valence-corrected chi connectivity index (χ3v) is 3.38. The molecule has 0 unspecified atom stereocenters. The van der Waals surface area contributed by atoms with Gasteiger partial charge in [0.05, 0.1) is 0 Å². The fourth-order valence-electron chi connectivity index (χ4n) is 1.93. The molecule has 0 saturated carbocycles. The Morgan fingerprint density at radius 2 is 2.00 bits per heavy atom. The summed E-state index contributed by atoms with van der Waals surface area (Å²) in [5.41, 5.74) is 2.14. The predicted octanol–water partition coefficient (Wildman–Crippen LogP) is 3.70. The Kier molecular flexibility index (Phi) is 8.18. The molecule has 1 aromatic rings. The van der Waals surface area contributed by atoms with Gasteiger partial charge in [-0.25, -0.2) is 0 Å². The van der Waals surface area contributed by atoms with Crippen molar-refractivity contribution in [3.63, 3.8) is 0 Å². The highest BCUT2D eigenvalue weighted by molar-refractivity contribution is 6.18. The van der Waals surface area contributed by atoms with Crippen LogP contribution in [0.5, 0.6) is 5.75 Å². The number of ether oxygens (including phenoxy) is 1. The van der Waals surface area contributed by atoms with Crippen molar-refractivity contribution in [3.05, 3.63) is 29.3 Å². The second kappa shape index (κ2) is 9.69. The van der Waals surface area contributed by atoms with E-state index < -0.39 is 0 Å². The summed E-state index contributed by atoms with van der Waals surface area (Å²) in [6, 6.07) is 6.07. The largest absolute Gasteiger partial charge is 0.492 e.